The number of amides is 1. The van der Waals surface area contributed by atoms with Crippen LogP contribution < -0.4 is 5.32 Å². The van der Waals surface area contributed by atoms with Gasteiger partial charge in [0.05, 0.1) is 36.3 Å². The fraction of sp³-hybridized carbons (Fsp3) is 0.429. The Balaban J connectivity index is 1.65. The lowest BCUT2D eigenvalue weighted by atomic mass is 9.95. The summed E-state index contributed by atoms with van der Waals surface area (Å²) < 4.78 is 51.7. The maximum Gasteiger partial charge on any atom is 0.341 e. The van der Waals surface area contributed by atoms with Gasteiger partial charge in [-0.3, -0.25) is 4.79 Å². The second-order valence-electron chi connectivity index (χ2n) is 7.52. The van der Waals surface area contributed by atoms with Gasteiger partial charge >= 0.3 is 5.97 Å². The molecule has 0 saturated carbocycles. The van der Waals surface area contributed by atoms with Crippen molar-refractivity contribution in [1.29, 1.82) is 0 Å². The van der Waals surface area contributed by atoms with Crippen LogP contribution in [0.4, 0.5) is 9.39 Å². The number of esters is 1. The second kappa shape index (κ2) is 9.26. The molecule has 11 heteroatoms. The Morgan fingerprint density at radius 3 is 2.62 bits per heavy atom. The molecular formula is C21H23FN2O6S2. The van der Waals surface area contributed by atoms with E-state index in [4.69, 9.17) is 9.47 Å². The number of benzene rings is 1. The number of methoxy groups -OCH3 is 1. The first-order valence-corrected chi connectivity index (χ1v) is 12.5. The molecular weight excluding hydrogens is 459 g/mol. The van der Waals surface area contributed by atoms with Crippen LogP contribution in [0.2, 0.25) is 0 Å². The molecule has 2 aromatic rings. The fourth-order valence-corrected chi connectivity index (χ4v) is 6.62. The van der Waals surface area contributed by atoms with Crippen molar-refractivity contribution in [1.82, 2.24) is 4.31 Å². The number of carbonyl (C=O) groups is 2. The molecule has 2 heterocycles. The lowest BCUT2D eigenvalue weighted by molar-refractivity contribution is 0.0601. The fourth-order valence-electron chi connectivity index (χ4n) is 3.92. The summed E-state index contributed by atoms with van der Waals surface area (Å²) in [6, 6.07) is 3.13. The zero-order chi connectivity index (χ0) is 22.9. The molecule has 0 unspecified atom stereocenters. The van der Waals surface area contributed by atoms with Crippen LogP contribution in [0.15, 0.2) is 23.1 Å². The standard InChI is InChI=1S/C21H23FN2O6S2/c1-29-21(26)18-14-4-2-3-5-17(14)31-20(18)23-19(25)15-12-13(6-7-16(15)22)32(27,28)24-8-10-30-11-9-24/h6-7,12H,2-5,8-11H2,1H3,(H,23,25). The Kier molecular flexibility index (Phi) is 6.61. The number of carbonyl (C=O) groups excluding carboxylic acids is 2. The highest BCUT2D eigenvalue weighted by Crippen LogP contribution is 2.39. The van der Waals surface area contributed by atoms with Crippen molar-refractivity contribution in [3.63, 3.8) is 0 Å². The number of rotatable bonds is 5. The quantitative estimate of drug-likeness (QED) is 0.658. The number of hydrogen-bond donors (Lipinski definition) is 1. The van der Waals surface area contributed by atoms with Gasteiger partial charge in [0, 0.05) is 18.0 Å². The van der Waals surface area contributed by atoms with Crippen LogP contribution in [0.25, 0.3) is 0 Å². The van der Waals surface area contributed by atoms with Crippen LogP contribution in [-0.2, 0) is 32.3 Å². The molecule has 1 N–H and O–H groups in total. The van der Waals surface area contributed by atoms with Gasteiger partial charge in [0.25, 0.3) is 5.91 Å². The van der Waals surface area contributed by atoms with Crippen LogP contribution in [-0.4, -0.2) is 58.0 Å². The first kappa shape index (κ1) is 22.8. The van der Waals surface area contributed by atoms with Gasteiger partial charge in [-0.2, -0.15) is 4.31 Å². The normalized spacial score (nSPS) is 16.9. The van der Waals surface area contributed by atoms with Crippen molar-refractivity contribution < 1.29 is 31.9 Å². The van der Waals surface area contributed by atoms with Crippen LogP contribution >= 0.6 is 11.3 Å². The Hall–Kier alpha value is -2.34. The maximum atomic E-state index is 14.5. The number of aryl methyl sites for hydroxylation is 1. The van der Waals surface area contributed by atoms with Gasteiger partial charge < -0.3 is 14.8 Å². The summed E-state index contributed by atoms with van der Waals surface area (Å²) in [5, 5.41) is 2.90. The third kappa shape index (κ3) is 4.29. The molecule has 1 amide bonds. The van der Waals surface area contributed by atoms with Crippen molar-refractivity contribution in [2.24, 2.45) is 0 Å². The highest BCUT2D eigenvalue weighted by atomic mass is 32.2. The summed E-state index contributed by atoms with van der Waals surface area (Å²) >= 11 is 1.27. The zero-order valence-corrected chi connectivity index (χ0v) is 19.1. The number of sulfonamides is 1. The highest BCUT2D eigenvalue weighted by Gasteiger charge is 2.30. The number of hydrogen-bond acceptors (Lipinski definition) is 7. The van der Waals surface area contributed by atoms with E-state index in [0.717, 1.165) is 47.9 Å². The van der Waals surface area contributed by atoms with E-state index in [1.807, 2.05) is 0 Å². The largest absolute Gasteiger partial charge is 0.465 e. The molecule has 0 radical (unpaired) electrons. The molecule has 1 aromatic carbocycles. The van der Waals surface area contributed by atoms with E-state index in [9.17, 15) is 22.4 Å². The number of nitrogens with one attached hydrogen (secondary N) is 1. The van der Waals surface area contributed by atoms with Gasteiger partial charge in [0.1, 0.15) is 10.8 Å². The zero-order valence-electron chi connectivity index (χ0n) is 17.5. The van der Waals surface area contributed by atoms with E-state index in [-0.39, 0.29) is 41.8 Å². The summed E-state index contributed by atoms with van der Waals surface area (Å²) in [5.74, 6) is -2.25. The summed E-state index contributed by atoms with van der Waals surface area (Å²) in [6.07, 6.45) is 3.41. The minimum atomic E-state index is -3.90. The lowest BCUT2D eigenvalue weighted by Crippen LogP contribution is -2.40. The predicted molar refractivity (Wildman–Crippen MR) is 116 cm³/mol. The van der Waals surface area contributed by atoms with Crippen LogP contribution in [0.5, 0.6) is 0 Å². The third-order valence-corrected chi connectivity index (χ3v) is 8.68. The minimum Gasteiger partial charge on any atom is -0.465 e. The number of fused-ring (bicyclic) bond motifs is 1. The topological polar surface area (TPSA) is 102 Å². The number of halogens is 1. The van der Waals surface area contributed by atoms with Crippen molar-refractivity contribution in [3.05, 3.63) is 45.6 Å². The van der Waals surface area contributed by atoms with Crippen LogP contribution in [0.1, 0.15) is 44.0 Å². The Morgan fingerprint density at radius 1 is 1.19 bits per heavy atom. The lowest BCUT2D eigenvalue weighted by Gasteiger charge is -2.26. The molecule has 1 aromatic heterocycles. The number of ether oxygens (including phenoxy) is 2. The second-order valence-corrected chi connectivity index (χ2v) is 10.6. The van der Waals surface area contributed by atoms with E-state index < -0.39 is 33.3 Å². The molecule has 4 rings (SSSR count). The molecule has 172 valence electrons. The van der Waals surface area contributed by atoms with Gasteiger partial charge in [-0.15, -0.1) is 11.3 Å². The minimum absolute atomic E-state index is 0.176. The number of anilines is 1. The Morgan fingerprint density at radius 2 is 1.91 bits per heavy atom. The van der Waals surface area contributed by atoms with Gasteiger partial charge in [0.15, 0.2) is 0 Å². The summed E-state index contributed by atoms with van der Waals surface area (Å²) in [4.78, 5) is 26.1. The Bertz CT molecular complexity index is 1160. The molecule has 1 saturated heterocycles. The molecule has 0 bridgehead atoms. The molecule has 1 aliphatic heterocycles. The average Bonchev–Trinajstić information content (AvgIpc) is 3.17. The summed E-state index contributed by atoms with van der Waals surface area (Å²) in [7, 11) is -2.64. The van der Waals surface area contributed by atoms with E-state index in [1.165, 1.54) is 22.8 Å². The van der Waals surface area contributed by atoms with Crippen molar-refractivity contribution in [2.45, 2.75) is 30.6 Å². The average molecular weight is 483 g/mol. The van der Waals surface area contributed by atoms with Crippen molar-refractivity contribution in [3.8, 4) is 0 Å². The highest BCUT2D eigenvalue weighted by molar-refractivity contribution is 7.89. The molecule has 2 aliphatic rings. The predicted octanol–water partition coefficient (Wildman–Crippen LogP) is 2.83. The number of thiophene rings is 1. The smallest absolute Gasteiger partial charge is 0.341 e. The van der Waals surface area contributed by atoms with Crippen molar-refractivity contribution >= 4 is 38.2 Å². The van der Waals surface area contributed by atoms with Crippen molar-refractivity contribution in [2.75, 3.05) is 38.7 Å². The van der Waals surface area contributed by atoms with Crippen LogP contribution in [0.3, 0.4) is 0 Å². The molecule has 8 nitrogen and oxygen atoms in total. The molecule has 0 atom stereocenters. The third-order valence-electron chi connectivity index (χ3n) is 5.58. The molecule has 0 spiro atoms. The number of morpholine rings is 1. The van der Waals surface area contributed by atoms with Gasteiger partial charge in [-0.25, -0.2) is 17.6 Å². The van der Waals surface area contributed by atoms with Gasteiger partial charge in [-0.05, 0) is 49.4 Å². The maximum absolute atomic E-state index is 14.5. The molecule has 1 aliphatic carbocycles. The number of nitrogens with zero attached hydrogens (tertiary/aromatic N) is 1. The first-order valence-electron chi connectivity index (χ1n) is 10.2. The van der Waals surface area contributed by atoms with E-state index in [1.54, 1.807) is 0 Å². The monoisotopic (exact) mass is 482 g/mol. The molecule has 1 fully saturated rings. The summed E-state index contributed by atoms with van der Waals surface area (Å²) in [6.45, 7) is 0.912. The summed E-state index contributed by atoms with van der Waals surface area (Å²) in [5.41, 5.74) is 0.729. The van der Waals surface area contributed by atoms with E-state index >= 15 is 0 Å². The Labute approximate surface area is 189 Å². The van der Waals surface area contributed by atoms with E-state index in [2.05, 4.69) is 5.32 Å². The SMILES string of the molecule is COC(=O)c1c(NC(=O)c2cc(S(=O)(=O)N3CCOCC3)ccc2F)sc2c1CCCC2. The van der Waals surface area contributed by atoms with Gasteiger partial charge in [0.2, 0.25) is 10.0 Å². The molecule has 32 heavy (non-hydrogen) atoms. The first-order chi connectivity index (χ1) is 15.3. The van der Waals surface area contributed by atoms with Crippen LogP contribution in [0, 0.1) is 5.82 Å². The van der Waals surface area contributed by atoms with E-state index in [0.29, 0.717) is 6.42 Å². The van der Waals surface area contributed by atoms with Gasteiger partial charge in [-0.1, -0.05) is 0 Å².